The van der Waals surface area contributed by atoms with E-state index in [1.54, 1.807) is 6.07 Å². The Bertz CT molecular complexity index is 285. The Morgan fingerprint density at radius 1 is 1.69 bits per heavy atom. The van der Waals surface area contributed by atoms with Crippen LogP contribution >= 0.6 is 24.0 Å². The lowest BCUT2D eigenvalue weighted by Crippen LogP contribution is -2.25. The van der Waals surface area contributed by atoms with Crippen LogP contribution in [-0.4, -0.2) is 19.0 Å². The van der Waals surface area contributed by atoms with Gasteiger partial charge in [0.15, 0.2) is 0 Å². The van der Waals surface area contributed by atoms with E-state index in [2.05, 4.69) is 17.9 Å². The Morgan fingerprint density at radius 2 is 2.46 bits per heavy atom. The predicted molar refractivity (Wildman–Crippen MR) is 57.6 cm³/mol. The summed E-state index contributed by atoms with van der Waals surface area (Å²) in [4.78, 5) is 12.9. The van der Waals surface area contributed by atoms with E-state index in [1.807, 2.05) is 5.38 Å². The molecule has 0 aliphatic carbocycles. The molecule has 5 heteroatoms. The number of hydrogen-bond donors (Lipinski definition) is 3. The lowest BCUT2D eigenvalue weighted by atomic mass is 10.4. The molecule has 0 unspecified atom stereocenters. The number of carbonyl (C=O) groups excluding carboxylic acids is 1. The van der Waals surface area contributed by atoms with Crippen molar-refractivity contribution < 1.29 is 4.79 Å². The minimum Gasteiger partial charge on any atom is -0.351 e. The molecule has 0 atom stereocenters. The molecule has 1 aromatic heterocycles. The number of hydrogen-bond acceptors (Lipinski definition) is 4. The van der Waals surface area contributed by atoms with Gasteiger partial charge in [0.25, 0.3) is 5.91 Å². The third kappa shape index (κ3) is 3.38. The number of rotatable bonds is 4. The zero-order valence-corrected chi connectivity index (χ0v) is 8.83. The van der Waals surface area contributed by atoms with E-state index in [4.69, 9.17) is 5.73 Å². The first-order chi connectivity index (χ1) is 6.24. The number of carbonyl (C=O) groups is 1. The van der Waals surface area contributed by atoms with Crippen molar-refractivity contribution in [1.82, 2.24) is 5.32 Å². The highest BCUT2D eigenvalue weighted by molar-refractivity contribution is 7.80. The van der Waals surface area contributed by atoms with Gasteiger partial charge in [-0.1, -0.05) is 0 Å². The SMILES string of the molecule is NCCCNC(=O)c1cc(S)cs1. The van der Waals surface area contributed by atoms with Crippen LogP contribution in [0.15, 0.2) is 16.3 Å². The summed E-state index contributed by atoms with van der Waals surface area (Å²) >= 11 is 5.52. The summed E-state index contributed by atoms with van der Waals surface area (Å²) < 4.78 is 0. The number of amides is 1. The lowest BCUT2D eigenvalue weighted by Gasteiger charge is -2.00. The largest absolute Gasteiger partial charge is 0.351 e. The number of nitrogens with one attached hydrogen (secondary N) is 1. The van der Waals surface area contributed by atoms with Gasteiger partial charge in [-0.2, -0.15) is 0 Å². The molecule has 1 rings (SSSR count). The fourth-order valence-electron chi connectivity index (χ4n) is 0.836. The quantitative estimate of drug-likeness (QED) is 0.522. The molecule has 0 aliphatic heterocycles. The van der Waals surface area contributed by atoms with Crippen molar-refractivity contribution in [1.29, 1.82) is 0 Å². The molecule has 3 N–H and O–H groups in total. The van der Waals surface area contributed by atoms with Crippen LogP contribution in [0.25, 0.3) is 0 Å². The highest BCUT2D eigenvalue weighted by atomic mass is 32.1. The maximum Gasteiger partial charge on any atom is 0.261 e. The molecule has 0 radical (unpaired) electrons. The maximum absolute atomic E-state index is 11.4. The van der Waals surface area contributed by atoms with Gasteiger partial charge in [-0.05, 0) is 19.0 Å². The third-order valence-electron chi connectivity index (χ3n) is 1.48. The lowest BCUT2D eigenvalue weighted by molar-refractivity contribution is 0.0957. The third-order valence-corrected chi connectivity index (χ3v) is 2.84. The van der Waals surface area contributed by atoms with Gasteiger partial charge in [0, 0.05) is 16.8 Å². The van der Waals surface area contributed by atoms with E-state index < -0.39 is 0 Å². The van der Waals surface area contributed by atoms with Crippen molar-refractivity contribution in [3.63, 3.8) is 0 Å². The Balaban J connectivity index is 2.40. The van der Waals surface area contributed by atoms with Gasteiger partial charge >= 0.3 is 0 Å². The van der Waals surface area contributed by atoms with Crippen molar-refractivity contribution in [2.24, 2.45) is 5.73 Å². The monoisotopic (exact) mass is 216 g/mol. The molecule has 0 spiro atoms. The average molecular weight is 216 g/mol. The molecule has 0 aromatic carbocycles. The summed E-state index contributed by atoms with van der Waals surface area (Å²) in [5.41, 5.74) is 5.30. The minimum atomic E-state index is -0.0428. The number of thiophene rings is 1. The first-order valence-electron chi connectivity index (χ1n) is 4.00. The van der Waals surface area contributed by atoms with Crippen molar-refractivity contribution in [2.45, 2.75) is 11.3 Å². The van der Waals surface area contributed by atoms with Crippen LogP contribution in [0.1, 0.15) is 16.1 Å². The summed E-state index contributed by atoms with van der Waals surface area (Å²) in [6, 6.07) is 1.76. The normalized spacial score (nSPS) is 10.0. The van der Waals surface area contributed by atoms with Gasteiger partial charge < -0.3 is 11.1 Å². The van der Waals surface area contributed by atoms with E-state index in [0.717, 1.165) is 11.3 Å². The van der Waals surface area contributed by atoms with Crippen LogP contribution in [-0.2, 0) is 0 Å². The highest BCUT2D eigenvalue weighted by Crippen LogP contribution is 2.17. The molecule has 0 saturated heterocycles. The maximum atomic E-state index is 11.4. The van der Waals surface area contributed by atoms with Crippen molar-refractivity contribution in [3.8, 4) is 0 Å². The number of thiol groups is 1. The first-order valence-corrected chi connectivity index (χ1v) is 5.32. The van der Waals surface area contributed by atoms with Gasteiger partial charge in [-0.3, -0.25) is 4.79 Å². The van der Waals surface area contributed by atoms with Gasteiger partial charge in [-0.25, -0.2) is 0 Å². The summed E-state index contributed by atoms with van der Waals surface area (Å²) in [5, 5.41) is 4.61. The van der Waals surface area contributed by atoms with E-state index >= 15 is 0 Å². The zero-order chi connectivity index (χ0) is 9.68. The Morgan fingerprint density at radius 3 is 3.00 bits per heavy atom. The van der Waals surface area contributed by atoms with Gasteiger partial charge in [0.2, 0.25) is 0 Å². The van der Waals surface area contributed by atoms with Crippen LogP contribution in [0.5, 0.6) is 0 Å². The van der Waals surface area contributed by atoms with E-state index in [0.29, 0.717) is 18.0 Å². The zero-order valence-electron chi connectivity index (χ0n) is 7.12. The Hall–Kier alpha value is -0.520. The summed E-state index contributed by atoms with van der Waals surface area (Å²) in [5.74, 6) is -0.0428. The van der Waals surface area contributed by atoms with Crippen LogP contribution in [0.2, 0.25) is 0 Å². The molecule has 0 bridgehead atoms. The fraction of sp³-hybridized carbons (Fsp3) is 0.375. The Labute approximate surface area is 86.7 Å². The van der Waals surface area contributed by atoms with Gasteiger partial charge in [-0.15, -0.1) is 24.0 Å². The van der Waals surface area contributed by atoms with Crippen LogP contribution in [0.3, 0.4) is 0 Å². The summed E-state index contributed by atoms with van der Waals surface area (Å²) in [6.07, 6.45) is 0.810. The smallest absolute Gasteiger partial charge is 0.261 e. The van der Waals surface area contributed by atoms with Gasteiger partial charge in [0.05, 0.1) is 4.88 Å². The molecule has 1 aromatic rings. The van der Waals surface area contributed by atoms with E-state index in [9.17, 15) is 4.79 Å². The van der Waals surface area contributed by atoms with Crippen LogP contribution in [0.4, 0.5) is 0 Å². The van der Waals surface area contributed by atoms with Crippen LogP contribution in [0, 0.1) is 0 Å². The standard InChI is InChI=1S/C8H12N2OS2/c9-2-1-3-10-8(11)7-4-6(12)5-13-7/h4-5,12H,1-3,9H2,(H,10,11). The van der Waals surface area contributed by atoms with Crippen molar-refractivity contribution >= 4 is 29.9 Å². The first kappa shape index (κ1) is 10.6. The topological polar surface area (TPSA) is 55.1 Å². The molecule has 13 heavy (non-hydrogen) atoms. The average Bonchev–Trinajstić information content (AvgIpc) is 2.52. The highest BCUT2D eigenvalue weighted by Gasteiger charge is 2.06. The molecule has 0 saturated carbocycles. The fourth-order valence-corrected chi connectivity index (χ4v) is 1.90. The molecule has 1 heterocycles. The molecule has 0 aliphatic rings. The second-order valence-corrected chi connectivity index (χ2v) is 3.99. The molecular formula is C8H12N2OS2. The van der Waals surface area contributed by atoms with Gasteiger partial charge in [0.1, 0.15) is 0 Å². The van der Waals surface area contributed by atoms with Crippen molar-refractivity contribution in [3.05, 3.63) is 16.3 Å². The Kier molecular flexibility index (Phi) is 4.27. The summed E-state index contributed by atoms with van der Waals surface area (Å²) in [6.45, 7) is 1.23. The second kappa shape index (κ2) is 5.26. The minimum absolute atomic E-state index is 0.0428. The number of nitrogens with two attached hydrogens (primary N) is 1. The molecule has 72 valence electrons. The second-order valence-electron chi connectivity index (χ2n) is 2.57. The molecular weight excluding hydrogens is 204 g/mol. The van der Waals surface area contributed by atoms with Crippen LogP contribution < -0.4 is 11.1 Å². The molecule has 3 nitrogen and oxygen atoms in total. The predicted octanol–water partition coefficient (Wildman–Crippen LogP) is 1.12. The van der Waals surface area contributed by atoms with E-state index in [1.165, 1.54) is 11.3 Å². The molecule has 0 fully saturated rings. The molecule has 1 amide bonds. The van der Waals surface area contributed by atoms with Crippen molar-refractivity contribution in [2.75, 3.05) is 13.1 Å². The summed E-state index contributed by atoms with van der Waals surface area (Å²) in [7, 11) is 0. The van der Waals surface area contributed by atoms with E-state index in [-0.39, 0.29) is 5.91 Å².